The molecular formula is C13H26. The molecule has 0 radical (unpaired) electrons. The van der Waals surface area contributed by atoms with Crippen LogP contribution in [0.5, 0.6) is 0 Å². The van der Waals surface area contributed by atoms with Gasteiger partial charge in [-0.15, -0.1) is 0 Å². The van der Waals surface area contributed by atoms with Gasteiger partial charge in [-0.25, -0.2) is 0 Å². The molecule has 1 aliphatic carbocycles. The summed E-state index contributed by atoms with van der Waals surface area (Å²) >= 11 is 0. The zero-order valence-electron chi connectivity index (χ0n) is 10.1. The monoisotopic (exact) mass is 182 g/mol. The third-order valence-electron chi connectivity index (χ3n) is 4.77. The van der Waals surface area contributed by atoms with E-state index in [1.165, 1.54) is 25.7 Å². The highest BCUT2D eigenvalue weighted by Gasteiger charge is 2.58. The molecule has 1 aliphatic rings. The summed E-state index contributed by atoms with van der Waals surface area (Å²) < 4.78 is 0. The summed E-state index contributed by atoms with van der Waals surface area (Å²) in [6.07, 6.45) is 5.59. The van der Waals surface area contributed by atoms with Crippen LogP contribution in [0.3, 0.4) is 0 Å². The van der Waals surface area contributed by atoms with Crippen molar-refractivity contribution in [3.8, 4) is 0 Å². The maximum atomic E-state index is 2.51. The van der Waals surface area contributed by atoms with Crippen molar-refractivity contribution in [1.29, 1.82) is 0 Å². The van der Waals surface area contributed by atoms with Gasteiger partial charge in [0.1, 0.15) is 0 Å². The van der Waals surface area contributed by atoms with Gasteiger partial charge in [-0.05, 0) is 23.2 Å². The van der Waals surface area contributed by atoms with Crippen LogP contribution in [-0.2, 0) is 0 Å². The minimum Gasteiger partial charge on any atom is -0.0654 e. The standard InChI is InChI=1S/C13H26/c1-6-8-9-10(3)13(5)11(4)12(13)7-2/h10-12H,6-9H2,1-5H3. The van der Waals surface area contributed by atoms with Gasteiger partial charge in [-0.2, -0.15) is 0 Å². The summed E-state index contributed by atoms with van der Waals surface area (Å²) in [7, 11) is 0. The molecule has 0 saturated heterocycles. The molecule has 4 atom stereocenters. The smallest absolute Gasteiger partial charge is 0.0241 e. The molecule has 1 rings (SSSR count). The molecule has 0 aromatic heterocycles. The van der Waals surface area contributed by atoms with E-state index in [4.69, 9.17) is 0 Å². The zero-order valence-corrected chi connectivity index (χ0v) is 10.1. The molecule has 0 aliphatic heterocycles. The van der Waals surface area contributed by atoms with Crippen LogP contribution >= 0.6 is 0 Å². The van der Waals surface area contributed by atoms with Crippen molar-refractivity contribution in [2.24, 2.45) is 23.2 Å². The number of hydrogen-bond acceptors (Lipinski definition) is 0. The maximum Gasteiger partial charge on any atom is -0.0241 e. The van der Waals surface area contributed by atoms with Gasteiger partial charge < -0.3 is 0 Å². The Kier molecular flexibility index (Phi) is 3.43. The SMILES string of the molecule is CCCCC(C)C1(C)C(C)C1CC. The van der Waals surface area contributed by atoms with E-state index in [2.05, 4.69) is 34.6 Å². The molecule has 0 heterocycles. The van der Waals surface area contributed by atoms with E-state index in [1.807, 2.05) is 0 Å². The van der Waals surface area contributed by atoms with E-state index in [0.717, 1.165) is 17.8 Å². The van der Waals surface area contributed by atoms with Gasteiger partial charge in [-0.1, -0.05) is 60.3 Å². The topological polar surface area (TPSA) is 0 Å². The highest BCUT2D eigenvalue weighted by molar-refractivity contribution is 5.06. The van der Waals surface area contributed by atoms with Gasteiger partial charge in [0.05, 0.1) is 0 Å². The molecule has 13 heavy (non-hydrogen) atoms. The number of hydrogen-bond donors (Lipinski definition) is 0. The lowest BCUT2D eigenvalue weighted by molar-refractivity contribution is 0.289. The van der Waals surface area contributed by atoms with E-state index in [9.17, 15) is 0 Å². The summed E-state index contributed by atoms with van der Waals surface area (Å²) in [6.45, 7) is 12.0. The Morgan fingerprint density at radius 3 is 2.31 bits per heavy atom. The first-order chi connectivity index (χ1) is 6.08. The molecule has 0 heteroatoms. The van der Waals surface area contributed by atoms with Crippen molar-refractivity contribution < 1.29 is 0 Å². The highest BCUT2D eigenvalue weighted by Crippen LogP contribution is 2.65. The molecule has 4 unspecified atom stereocenters. The Bertz CT molecular complexity index is 161. The third-order valence-corrected chi connectivity index (χ3v) is 4.77. The first kappa shape index (κ1) is 11.1. The molecule has 1 saturated carbocycles. The second kappa shape index (κ2) is 4.02. The third kappa shape index (κ3) is 1.78. The Hall–Kier alpha value is 0. The Morgan fingerprint density at radius 1 is 1.31 bits per heavy atom. The first-order valence-corrected chi connectivity index (χ1v) is 6.08. The second-order valence-corrected chi connectivity index (χ2v) is 5.21. The quantitative estimate of drug-likeness (QED) is 0.587. The predicted molar refractivity (Wildman–Crippen MR) is 59.7 cm³/mol. The molecule has 0 spiro atoms. The van der Waals surface area contributed by atoms with Crippen molar-refractivity contribution in [2.45, 2.75) is 60.3 Å². The van der Waals surface area contributed by atoms with Gasteiger partial charge in [0, 0.05) is 0 Å². The normalized spacial score (nSPS) is 40.4. The summed E-state index contributed by atoms with van der Waals surface area (Å²) in [4.78, 5) is 0. The lowest BCUT2D eigenvalue weighted by Crippen LogP contribution is -2.12. The molecule has 0 N–H and O–H groups in total. The van der Waals surface area contributed by atoms with Gasteiger partial charge in [-0.3, -0.25) is 0 Å². The molecule has 78 valence electrons. The van der Waals surface area contributed by atoms with E-state index in [1.54, 1.807) is 0 Å². The van der Waals surface area contributed by atoms with Crippen LogP contribution in [-0.4, -0.2) is 0 Å². The van der Waals surface area contributed by atoms with Crippen molar-refractivity contribution in [1.82, 2.24) is 0 Å². The average molecular weight is 182 g/mol. The van der Waals surface area contributed by atoms with Crippen LogP contribution in [0.2, 0.25) is 0 Å². The molecular weight excluding hydrogens is 156 g/mol. The van der Waals surface area contributed by atoms with E-state index in [-0.39, 0.29) is 0 Å². The van der Waals surface area contributed by atoms with Crippen LogP contribution in [0.4, 0.5) is 0 Å². The van der Waals surface area contributed by atoms with Crippen molar-refractivity contribution in [3.63, 3.8) is 0 Å². The summed E-state index contributed by atoms with van der Waals surface area (Å²) in [5.41, 5.74) is 0.684. The fourth-order valence-electron chi connectivity index (χ4n) is 3.29. The number of unbranched alkanes of at least 4 members (excludes halogenated alkanes) is 1. The fraction of sp³-hybridized carbons (Fsp3) is 1.00. The largest absolute Gasteiger partial charge is 0.0654 e. The summed E-state index contributed by atoms with van der Waals surface area (Å²) in [6, 6.07) is 0. The lowest BCUT2D eigenvalue weighted by atomic mass is 9.84. The molecule has 0 aromatic carbocycles. The minimum atomic E-state index is 0.684. The number of rotatable bonds is 5. The van der Waals surface area contributed by atoms with E-state index in [0.29, 0.717) is 5.41 Å². The van der Waals surface area contributed by atoms with E-state index >= 15 is 0 Å². The van der Waals surface area contributed by atoms with Crippen molar-refractivity contribution in [3.05, 3.63) is 0 Å². The molecule has 0 bridgehead atoms. The Labute approximate surface area is 84.1 Å². The van der Waals surface area contributed by atoms with Crippen molar-refractivity contribution >= 4 is 0 Å². The fourth-order valence-corrected chi connectivity index (χ4v) is 3.29. The van der Waals surface area contributed by atoms with Crippen LogP contribution < -0.4 is 0 Å². The molecule has 1 fully saturated rings. The predicted octanol–water partition coefficient (Wildman–Crippen LogP) is 4.49. The Morgan fingerprint density at radius 2 is 1.92 bits per heavy atom. The molecule has 0 aromatic rings. The highest BCUT2D eigenvalue weighted by atomic mass is 14.6. The van der Waals surface area contributed by atoms with Gasteiger partial charge in [0.25, 0.3) is 0 Å². The molecule has 0 nitrogen and oxygen atoms in total. The summed E-state index contributed by atoms with van der Waals surface area (Å²) in [5, 5.41) is 0. The summed E-state index contributed by atoms with van der Waals surface area (Å²) in [5.74, 6) is 2.93. The second-order valence-electron chi connectivity index (χ2n) is 5.21. The Balaban J connectivity index is 2.43. The lowest BCUT2D eigenvalue weighted by Gasteiger charge is -2.21. The maximum absolute atomic E-state index is 2.51. The van der Waals surface area contributed by atoms with Crippen LogP contribution in [0.1, 0.15) is 60.3 Å². The first-order valence-electron chi connectivity index (χ1n) is 6.08. The average Bonchev–Trinajstić information content (AvgIpc) is 2.66. The van der Waals surface area contributed by atoms with Gasteiger partial charge >= 0.3 is 0 Å². The van der Waals surface area contributed by atoms with Gasteiger partial charge in [0.2, 0.25) is 0 Å². The zero-order chi connectivity index (χ0) is 10.1. The minimum absolute atomic E-state index is 0.684. The van der Waals surface area contributed by atoms with Crippen molar-refractivity contribution in [2.75, 3.05) is 0 Å². The van der Waals surface area contributed by atoms with Crippen LogP contribution in [0, 0.1) is 23.2 Å². The van der Waals surface area contributed by atoms with E-state index < -0.39 is 0 Å². The van der Waals surface area contributed by atoms with Crippen LogP contribution in [0.25, 0.3) is 0 Å². The molecule has 0 amide bonds. The van der Waals surface area contributed by atoms with Gasteiger partial charge in [0.15, 0.2) is 0 Å². The van der Waals surface area contributed by atoms with Crippen LogP contribution in [0.15, 0.2) is 0 Å².